The van der Waals surface area contributed by atoms with E-state index in [2.05, 4.69) is 10.6 Å². The summed E-state index contributed by atoms with van der Waals surface area (Å²) in [7, 11) is -2.34. The molecule has 0 unspecified atom stereocenters. The minimum absolute atomic E-state index is 0.0145. The number of halogens is 1. The van der Waals surface area contributed by atoms with Gasteiger partial charge < -0.3 is 15.4 Å². The monoisotopic (exact) mass is 515 g/mol. The van der Waals surface area contributed by atoms with Crippen molar-refractivity contribution >= 4 is 44.8 Å². The Kier molecular flexibility index (Phi) is 8.50. The summed E-state index contributed by atoms with van der Waals surface area (Å²) in [5.74, 6) is -0.130. The summed E-state index contributed by atoms with van der Waals surface area (Å²) in [6.45, 7) is 3.58. The number of carbonyl (C=O) groups is 2. The standard InChI is InChI=1S/C25H26ClN3O5S/c1-4-34-24-13-8-18(25(31)28-22-7-5-6-21(15-22)27-17(2)30)14-19(24)16-29(3)35(32,33)23-11-9-20(26)10-12-23/h5-15H,4,16H2,1-3H3,(H,27,30)(H,28,31). The smallest absolute Gasteiger partial charge is 0.255 e. The minimum atomic E-state index is -3.80. The van der Waals surface area contributed by atoms with Crippen LogP contribution < -0.4 is 15.4 Å². The molecule has 3 rings (SSSR count). The molecule has 35 heavy (non-hydrogen) atoms. The first-order chi connectivity index (χ1) is 16.6. The second kappa shape index (κ2) is 11.4. The first kappa shape index (κ1) is 26.2. The van der Waals surface area contributed by atoms with E-state index in [0.29, 0.717) is 39.9 Å². The summed E-state index contributed by atoms with van der Waals surface area (Å²) in [6, 6.07) is 17.5. The van der Waals surface area contributed by atoms with Crippen LogP contribution in [0, 0.1) is 0 Å². The Labute approximate surface area is 209 Å². The molecule has 0 saturated heterocycles. The number of hydrogen-bond donors (Lipinski definition) is 2. The van der Waals surface area contributed by atoms with Crippen molar-refractivity contribution in [1.82, 2.24) is 4.31 Å². The van der Waals surface area contributed by atoms with Crippen LogP contribution in [0.4, 0.5) is 11.4 Å². The summed E-state index contributed by atoms with van der Waals surface area (Å²) < 4.78 is 32.9. The third kappa shape index (κ3) is 6.82. The Morgan fingerprint density at radius 1 is 0.971 bits per heavy atom. The van der Waals surface area contributed by atoms with E-state index in [1.165, 1.54) is 42.5 Å². The molecule has 3 aromatic carbocycles. The molecule has 2 N–H and O–H groups in total. The van der Waals surface area contributed by atoms with Gasteiger partial charge in [-0.1, -0.05) is 17.7 Å². The van der Waals surface area contributed by atoms with Crippen molar-refractivity contribution in [2.75, 3.05) is 24.3 Å². The number of carbonyl (C=O) groups excluding carboxylic acids is 2. The average Bonchev–Trinajstić information content (AvgIpc) is 2.80. The summed E-state index contributed by atoms with van der Waals surface area (Å²) in [5.41, 5.74) is 1.91. The number of amides is 2. The van der Waals surface area contributed by atoms with Gasteiger partial charge in [0.1, 0.15) is 5.75 Å². The van der Waals surface area contributed by atoms with Crippen molar-refractivity contribution in [1.29, 1.82) is 0 Å². The van der Waals surface area contributed by atoms with Crippen molar-refractivity contribution in [2.24, 2.45) is 0 Å². The highest BCUT2D eigenvalue weighted by atomic mass is 35.5. The molecule has 0 aliphatic carbocycles. The maximum Gasteiger partial charge on any atom is 0.255 e. The molecule has 2 amide bonds. The SMILES string of the molecule is CCOc1ccc(C(=O)Nc2cccc(NC(C)=O)c2)cc1CN(C)S(=O)(=O)c1ccc(Cl)cc1. The van der Waals surface area contributed by atoms with Crippen molar-refractivity contribution in [3.63, 3.8) is 0 Å². The Morgan fingerprint density at radius 3 is 2.26 bits per heavy atom. The zero-order chi connectivity index (χ0) is 25.6. The molecule has 0 aliphatic heterocycles. The molecule has 0 aliphatic rings. The molecule has 0 bridgehead atoms. The van der Waals surface area contributed by atoms with Gasteiger partial charge in [-0.3, -0.25) is 9.59 Å². The third-order valence-corrected chi connectivity index (χ3v) is 7.05. The van der Waals surface area contributed by atoms with Crippen LogP contribution in [0.25, 0.3) is 0 Å². The number of sulfonamides is 1. The fourth-order valence-electron chi connectivity index (χ4n) is 3.33. The average molecular weight is 516 g/mol. The first-order valence-corrected chi connectivity index (χ1v) is 12.6. The summed E-state index contributed by atoms with van der Waals surface area (Å²) >= 11 is 5.88. The lowest BCUT2D eigenvalue weighted by molar-refractivity contribution is -0.114. The van der Waals surface area contributed by atoms with Crippen LogP contribution in [-0.2, 0) is 21.4 Å². The van der Waals surface area contributed by atoms with Gasteiger partial charge in [0.25, 0.3) is 5.91 Å². The molecule has 3 aromatic rings. The van der Waals surface area contributed by atoms with E-state index >= 15 is 0 Å². The van der Waals surface area contributed by atoms with Gasteiger partial charge in [-0.25, -0.2) is 8.42 Å². The number of anilines is 2. The van der Waals surface area contributed by atoms with Crippen LogP contribution in [0.15, 0.2) is 71.6 Å². The van der Waals surface area contributed by atoms with E-state index < -0.39 is 15.9 Å². The van der Waals surface area contributed by atoms with Gasteiger partial charge in [-0.05, 0) is 67.6 Å². The predicted octanol–water partition coefficient (Wildman–Crippen LogP) is 4.77. The summed E-state index contributed by atoms with van der Waals surface area (Å²) in [5, 5.41) is 5.89. The molecule has 0 saturated carbocycles. The van der Waals surface area contributed by atoms with E-state index in [1.807, 2.05) is 6.92 Å². The highest BCUT2D eigenvalue weighted by molar-refractivity contribution is 7.89. The van der Waals surface area contributed by atoms with Crippen LogP contribution in [0.2, 0.25) is 5.02 Å². The number of nitrogens with one attached hydrogen (secondary N) is 2. The minimum Gasteiger partial charge on any atom is -0.494 e. The topological polar surface area (TPSA) is 105 Å². The molecular weight excluding hydrogens is 490 g/mol. The Balaban J connectivity index is 1.84. The molecule has 0 spiro atoms. The number of nitrogens with zero attached hydrogens (tertiary/aromatic N) is 1. The molecule has 0 heterocycles. The first-order valence-electron chi connectivity index (χ1n) is 10.8. The van der Waals surface area contributed by atoms with Crippen molar-refractivity contribution in [2.45, 2.75) is 25.3 Å². The van der Waals surface area contributed by atoms with Crippen LogP contribution in [0.5, 0.6) is 5.75 Å². The second-order valence-corrected chi connectivity index (χ2v) is 10.2. The summed E-state index contributed by atoms with van der Waals surface area (Å²) in [4.78, 5) is 24.3. The maximum absolute atomic E-state index is 13.0. The van der Waals surface area contributed by atoms with Gasteiger partial charge in [0, 0.05) is 48.0 Å². The van der Waals surface area contributed by atoms with Gasteiger partial charge in [0.05, 0.1) is 11.5 Å². The van der Waals surface area contributed by atoms with E-state index in [9.17, 15) is 18.0 Å². The number of rotatable bonds is 9. The molecule has 0 fully saturated rings. The Morgan fingerprint density at radius 2 is 1.63 bits per heavy atom. The lowest BCUT2D eigenvalue weighted by Crippen LogP contribution is -2.27. The molecule has 10 heteroatoms. The van der Waals surface area contributed by atoms with Crippen molar-refractivity contribution < 1.29 is 22.7 Å². The largest absolute Gasteiger partial charge is 0.494 e. The highest BCUT2D eigenvalue weighted by Crippen LogP contribution is 2.26. The van der Waals surface area contributed by atoms with E-state index in [4.69, 9.17) is 16.3 Å². The highest BCUT2D eigenvalue weighted by Gasteiger charge is 2.23. The zero-order valence-electron chi connectivity index (χ0n) is 19.5. The van der Waals surface area contributed by atoms with Crippen LogP contribution in [0.3, 0.4) is 0 Å². The Bertz CT molecular complexity index is 1330. The summed E-state index contributed by atoms with van der Waals surface area (Å²) in [6.07, 6.45) is 0. The quantitative estimate of drug-likeness (QED) is 0.427. The van der Waals surface area contributed by atoms with Gasteiger partial charge >= 0.3 is 0 Å². The predicted molar refractivity (Wildman–Crippen MR) is 136 cm³/mol. The fourth-order valence-corrected chi connectivity index (χ4v) is 4.61. The maximum atomic E-state index is 13.0. The van der Waals surface area contributed by atoms with Crippen LogP contribution in [-0.4, -0.2) is 38.2 Å². The lowest BCUT2D eigenvalue weighted by Gasteiger charge is -2.20. The molecular formula is C25H26ClN3O5S. The van der Waals surface area contributed by atoms with E-state index in [0.717, 1.165) is 0 Å². The van der Waals surface area contributed by atoms with Gasteiger partial charge in [-0.2, -0.15) is 4.31 Å². The normalized spacial score (nSPS) is 11.2. The lowest BCUT2D eigenvalue weighted by atomic mass is 10.1. The molecule has 0 aromatic heterocycles. The van der Waals surface area contributed by atoms with E-state index in [1.54, 1.807) is 42.5 Å². The molecule has 0 atom stereocenters. The molecule has 0 radical (unpaired) electrons. The zero-order valence-corrected chi connectivity index (χ0v) is 21.1. The number of ether oxygens (including phenoxy) is 1. The number of hydrogen-bond acceptors (Lipinski definition) is 5. The Hall–Kier alpha value is -3.40. The van der Waals surface area contributed by atoms with Crippen LogP contribution in [0.1, 0.15) is 29.8 Å². The van der Waals surface area contributed by atoms with Gasteiger partial charge in [0.15, 0.2) is 0 Å². The molecule has 8 nitrogen and oxygen atoms in total. The molecule has 184 valence electrons. The fraction of sp³-hybridized carbons (Fsp3) is 0.200. The van der Waals surface area contributed by atoms with Crippen molar-refractivity contribution in [3.05, 3.63) is 82.9 Å². The second-order valence-electron chi connectivity index (χ2n) is 7.69. The van der Waals surface area contributed by atoms with Gasteiger partial charge in [-0.15, -0.1) is 0 Å². The van der Waals surface area contributed by atoms with Crippen LogP contribution >= 0.6 is 11.6 Å². The number of benzene rings is 3. The van der Waals surface area contributed by atoms with E-state index in [-0.39, 0.29) is 17.3 Å². The van der Waals surface area contributed by atoms with Gasteiger partial charge in [0.2, 0.25) is 15.9 Å². The third-order valence-electron chi connectivity index (χ3n) is 4.98. The van der Waals surface area contributed by atoms with Crippen molar-refractivity contribution in [3.8, 4) is 5.75 Å².